The zero-order valence-electron chi connectivity index (χ0n) is 8.74. The van der Waals surface area contributed by atoms with Crippen molar-refractivity contribution in [1.82, 2.24) is 0 Å². The zero-order valence-corrected chi connectivity index (χ0v) is 8.74. The molecule has 2 rings (SSSR count). The van der Waals surface area contributed by atoms with Gasteiger partial charge in [0.1, 0.15) is 0 Å². The third kappa shape index (κ3) is 2.19. The van der Waals surface area contributed by atoms with Crippen molar-refractivity contribution in [2.24, 2.45) is 5.92 Å². The first-order valence-corrected chi connectivity index (χ1v) is 5.40. The molecule has 0 spiro atoms. The van der Waals surface area contributed by atoms with Crippen molar-refractivity contribution in [2.75, 3.05) is 23.7 Å². The minimum Gasteiger partial charge on any atom is -0.399 e. The van der Waals surface area contributed by atoms with Crippen molar-refractivity contribution in [1.29, 1.82) is 0 Å². The van der Waals surface area contributed by atoms with E-state index in [2.05, 4.69) is 24.0 Å². The Morgan fingerprint density at radius 2 is 1.93 bits per heavy atom. The predicted molar refractivity (Wildman–Crippen MR) is 61.5 cm³/mol. The Morgan fingerprint density at radius 1 is 1.29 bits per heavy atom. The van der Waals surface area contributed by atoms with E-state index in [0.29, 0.717) is 0 Å². The molecular weight excluding hydrogens is 172 g/mol. The first kappa shape index (κ1) is 9.38. The highest BCUT2D eigenvalue weighted by molar-refractivity contribution is 5.53. The maximum absolute atomic E-state index is 5.66. The molecule has 0 amide bonds. The molecule has 0 heterocycles. The summed E-state index contributed by atoms with van der Waals surface area (Å²) in [5.74, 6) is 0.938. The third-order valence-electron chi connectivity index (χ3n) is 2.82. The molecule has 1 aromatic rings. The lowest BCUT2D eigenvalue weighted by Gasteiger charge is -2.23. The average Bonchev–Trinajstić information content (AvgIpc) is 3.00. The maximum atomic E-state index is 5.66. The van der Waals surface area contributed by atoms with Gasteiger partial charge < -0.3 is 10.6 Å². The van der Waals surface area contributed by atoms with E-state index in [-0.39, 0.29) is 0 Å². The molecular formula is C12H18N2. The van der Waals surface area contributed by atoms with Gasteiger partial charge in [-0.3, -0.25) is 0 Å². The molecule has 1 aliphatic rings. The van der Waals surface area contributed by atoms with Crippen LogP contribution in [-0.4, -0.2) is 13.1 Å². The summed E-state index contributed by atoms with van der Waals surface area (Å²) >= 11 is 0. The number of benzene rings is 1. The van der Waals surface area contributed by atoms with Crippen molar-refractivity contribution < 1.29 is 0 Å². The van der Waals surface area contributed by atoms with E-state index in [0.717, 1.165) is 18.2 Å². The van der Waals surface area contributed by atoms with Crippen LogP contribution in [0.4, 0.5) is 11.4 Å². The largest absolute Gasteiger partial charge is 0.399 e. The van der Waals surface area contributed by atoms with Gasteiger partial charge in [0.05, 0.1) is 0 Å². The van der Waals surface area contributed by atoms with E-state index in [4.69, 9.17) is 5.73 Å². The van der Waals surface area contributed by atoms with Gasteiger partial charge in [-0.05, 0) is 49.9 Å². The fourth-order valence-corrected chi connectivity index (χ4v) is 1.71. The van der Waals surface area contributed by atoms with E-state index in [1.165, 1.54) is 25.1 Å². The topological polar surface area (TPSA) is 29.3 Å². The number of hydrogen-bond acceptors (Lipinski definition) is 2. The fourth-order valence-electron chi connectivity index (χ4n) is 1.71. The summed E-state index contributed by atoms with van der Waals surface area (Å²) in [7, 11) is 0. The summed E-state index contributed by atoms with van der Waals surface area (Å²) in [5.41, 5.74) is 7.81. The van der Waals surface area contributed by atoms with Crippen molar-refractivity contribution in [2.45, 2.75) is 19.8 Å². The molecule has 1 saturated carbocycles. The van der Waals surface area contributed by atoms with Gasteiger partial charge >= 0.3 is 0 Å². The summed E-state index contributed by atoms with van der Waals surface area (Å²) in [6.07, 6.45) is 2.82. The highest BCUT2D eigenvalue weighted by atomic mass is 15.1. The molecule has 0 aliphatic heterocycles. The van der Waals surface area contributed by atoms with Crippen LogP contribution in [0.15, 0.2) is 24.3 Å². The number of nitrogens with zero attached hydrogens (tertiary/aromatic N) is 1. The Balaban J connectivity index is 2.05. The molecule has 2 heteroatoms. The van der Waals surface area contributed by atoms with E-state index in [9.17, 15) is 0 Å². The Hall–Kier alpha value is -1.18. The molecule has 14 heavy (non-hydrogen) atoms. The van der Waals surface area contributed by atoms with E-state index < -0.39 is 0 Å². The van der Waals surface area contributed by atoms with Crippen LogP contribution in [-0.2, 0) is 0 Å². The van der Waals surface area contributed by atoms with Crippen LogP contribution in [0.1, 0.15) is 19.8 Å². The molecule has 2 N–H and O–H groups in total. The quantitative estimate of drug-likeness (QED) is 0.739. The lowest BCUT2D eigenvalue weighted by Crippen LogP contribution is -2.24. The first-order chi connectivity index (χ1) is 6.79. The molecule has 76 valence electrons. The van der Waals surface area contributed by atoms with Gasteiger partial charge in [0.15, 0.2) is 0 Å². The zero-order chi connectivity index (χ0) is 9.97. The van der Waals surface area contributed by atoms with Crippen LogP contribution in [0.5, 0.6) is 0 Å². The molecule has 2 nitrogen and oxygen atoms in total. The summed E-state index contributed by atoms with van der Waals surface area (Å²) in [6.45, 7) is 4.50. The molecule has 0 bridgehead atoms. The molecule has 0 atom stereocenters. The van der Waals surface area contributed by atoms with Crippen LogP contribution in [0.3, 0.4) is 0 Å². The molecule has 1 aromatic carbocycles. The Bertz CT molecular complexity index is 288. The second-order valence-electron chi connectivity index (χ2n) is 4.07. The Labute approximate surface area is 85.7 Å². The molecule has 0 unspecified atom stereocenters. The summed E-state index contributed by atoms with van der Waals surface area (Å²) in [4.78, 5) is 2.43. The van der Waals surface area contributed by atoms with Gasteiger partial charge in [0.25, 0.3) is 0 Å². The van der Waals surface area contributed by atoms with Crippen molar-refractivity contribution in [3.8, 4) is 0 Å². The minimum absolute atomic E-state index is 0.844. The number of nitrogens with two attached hydrogens (primary N) is 1. The van der Waals surface area contributed by atoms with Crippen molar-refractivity contribution >= 4 is 11.4 Å². The lowest BCUT2D eigenvalue weighted by atomic mass is 10.2. The summed E-state index contributed by atoms with van der Waals surface area (Å²) < 4.78 is 0. The third-order valence-corrected chi connectivity index (χ3v) is 2.82. The SMILES string of the molecule is CCN(CC1CC1)c1ccc(N)cc1. The summed E-state index contributed by atoms with van der Waals surface area (Å²) in [6, 6.07) is 8.18. The van der Waals surface area contributed by atoms with Crippen LogP contribution in [0.2, 0.25) is 0 Å². The average molecular weight is 190 g/mol. The Morgan fingerprint density at radius 3 is 2.43 bits per heavy atom. The molecule has 0 radical (unpaired) electrons. The van der Waals surface area contributed by atoms with E-state index in [1.807, 2.05) is 12.1 Å². The van der Waals surface area contributed by atoms with Crippen molar-refractivity contribution in [3.05, 3.63) is 24.3 Å². The molecule has 1 fully saturated rings. The molecule has 0 aromatic heterocycles. The fraction of sp³-hybridized carbons (Fsp3) is 0.500. The standard InChI is InChI=1S/C12H18N2/c1-2-14(9-10-3-4-10)12-7-5-11(13)6-8-12/h5-8,10H,2-4,9,13H2,1H3. The maximum Gasteiger partial charge on any atom is 0.0367 e. The van der Waals surface area contributed by atoms with Gasteiger partial charge in [0.2, 0.25) is 0 Å². The van der Waals surface area contributed by atoms with Gasteiger partial charge in [-0.25, -0.2) is 0 Å². The minimum atomic E-state index is 0.844. The highest BCUT2D eigenvalue weighted by Gasteiger charge is 2.23. The number of nitrogen functional groups attached to an aromatic ring is 1. The van der Waals surface area contributed by atoms with Crippen LogP contribution in [0, 0.1) is 5.92 Å². The number of anilines is 2. The Kier molecular flexibility index (Phi) is 2.62. The predicted octanol–water partition coefficient (Wildman–Crippen LogP) is 2.51. The second kappa shape index (κ2) is 3.91. The highest BCUT2D eigenvalue weighted by Crippen LogP contribution is 2.31. The smallest absolute Gasteiger partial charge is 0.0367 e. The lowest BCUT2D eigenvalue weighted by molar-refractivity contribution is 0.742. The number of rotatable bonds is 4. The van der Waals surface area contributed by atoms with Gasteiger partial charge in [0, 0.05) is 24.5 Å². The monoisotopic (exact) mass is 190 g/mol. The van der Waals surface area contributed by atoms with E-state index in [1.54, 1.807) is 0 Å². The van der Waals surface area contributed by atoms with Gasteiger partial charge in [-0.1, -0.05) is 0 Å². The van der Waals surface area contributed by atoms with Gasteiger partial charge in [-0.2, -0.15) is 0 Å². The van der Waals surface area contributed by atoms with Crippen molar-refractivity contribution in [3.63, 3.8) is 0 Å². The second-order valence-corrected chi connectivity index (χ2v) is 4.07. The van der Waals surface area contributed by atoms with Crippen LogP contribution < -0.4 is 10.6 Å². The van der Waals surface area contributed by atoms with E-state index >= 15 is 0 Å². The first-order valence-electron chi connectivity index (χ1n) is 5.40. The van der Waals surface area contributed by atoms with Gasteiger partial charge in [-0.15, -0.1) is 0 Å². The summed E-state index contributed by atoms with van der Waals surface area (Å²) in [5, 5.41) is 0. The number of hydrogen-bond donors (Lipinski definition) is 1. The molecule has 1 aliphatic carbocycles. The molecule has 0 saturated heterocycles. The van der Waals surface area contributed by atoms with Crippen LogP contribution >= 0.6 is 0 Å². The van der Waals surface area contributed by atoms with Crippen LogP contribution in [0.25, 0.3) is 0 Å². The normalized spacial score (nSPS) is 15.5.